The summed E-state index contributed by atoms with van der Waals surface area (Å²) in [7, 11) is 0. The number of carbonyl (C=O) groups excluding carboxylic acids is 3. The van der Waals surface area contributed by atoms with E-state index in [1.807, 2.05) is 12.1 Å². The van der Waals surface area contributed by atoms with Crippen LogP contribution in [0.5, 0.6) is 0 Å². The third-order valence-electron chi connectivity index (χ3n) is 4.38. The molecule has 1 aromatic heterocycles. The van der Waals surface area contributed by atoms with Crippen molar-refractivity contribution in [2.24, 2.45) is 0 Å². The lowest BCUT2D eigenvalue weighted by atomic mass is 10.2. The molecule has 0 bridgehead atoms. The van der Waals surface area contributed by atoms with Crippen LogP contribution in [0.2, 0.25) is 0 Å². The molecule has 1 aromatic carbocycles. The Hall–Kier alpha value is -3.13. The molecule has 1 saturated heterocycles. The average Bonchev–Trinajstić information content (AvgIpc) is 3.27. The highest BCUT2D eigenvalue weighted by molar-refractivity contribution is 6.02. The normalized spacial score (nSPS) is 13.8. The van der Waals surface area contributed by atoms with Gasteiger partial charge in [-0.3, -0.25) is 14.4 Å². The average molecular weight is 385 g/mol. The van der Waals surface area contributed by atoms with Crippen molar-refractivity contribution >= 4 is 23.4 Å². The Morgan fingerprint density at radius 3 is 2.43 bits per heavy atom. The SMILES string of the molecule is O=C(CCC(=O)N1CCOCC1)NCc1ccc(NC(=O)c2ccco2)cc1. The molecule has 148 valence electrons. The van der Waals surface area contributed by atoms with E-state index < -0.39 is 0 Å². The van der Waals surface area contributed by atoms with Crippen LogP contribution >= 0.6 is 0 Å². The molecular formula is C20H23N3O5. The molecule has 1 fully saturated rings. The van der Waals surface area contributed by atoms with Crippen LogP contribution in [0.4, 0.5) is 5.69 Å². The van der Waals surface area contributed by atoms with E-state index in [-0.39, 0.29) is 36.3 Å². The van der Waals surface area contributed by atoms with Gasteiger partial charge >= 0.3 is 0 Å². The Kier molecular flexibility index (Phi) is 6.80. The lowest BCUT2D eigenvalue weighted by molar-refractivity contribution is -0.137. The van der Waals surface area contributed by atoms with E-state index in [1.54, 1.807) is 29.2 Å². The fraction of sp³-hybridized carbons (Fsp3) is 0.350. The number of carbonyl (C=O) groups is 3. The minimum absolute atomic E-state index is 0.0184. The molecule has 2 aromatic rings. The number of furan rings is 1. The van der Waals surface area contributed by atoms with E-state index in [0.29, 0.717) is 38.5 Å². The van der Waals surface area contributed by atoms with Crippen molar-refractivity contribution in [1.82, 2.24) is 10.2 Å². The van der Waals surface area contributed by atoms with Gasteiger partial charge in [0.15, 0.2) is 5.76 Å². The third kappa shape index (κ3) is 5.68. The molecule has 0 saturated carbocycles. The van der Waals surface area contributed by atoms with Crippen molar-refractivity contribution in [3.8, 4) is 0 Å². The molecule has 3 amide bonds. The molecule has 1 aliphatic rings. The Morgan fingerprint density at radius 2 is 1.75 bits per heavy atom. The predicted molar refractivity (Wildman–Crippen MR) is 102 cm³/mol. The maximum atomic E-state index is 12.0. The molecule has 8 heteroatoms. The second-order valence-electron chi connectivity index (χ2n) is 6.40. The van der Waals surface area contributed by atoms with Gasteiger partial charge in [-0.05, 0) is 29.8 Å². The molecular weight excluding hydrogens is 362 g/mol. The lowest BCUT2D eigenvalue weighted by Gasteiger charge is -2.26. The summed E-state index contributed by atoms with van der Waals surface area (Å²) >= 11 is 0. The smallest absolute Gasteiger partial charge is 0.291 e. The minimum atomic E-state index is -0.323. The van der Waals surface area contributed by atoms with E-state index >= 15 is 0 Å². The van der Waals surface area contributed by atoms with Gasteiger partial charge in [0.1, 0.15) is 0 Å². The van der Waals surface area contributed by atoms with Crippen molar-refractivity contribution in [1.29, 1.82) is 0 Å². The summed E-state index contributed by atoms with van der Waals surface area (Å²) in [5.74, 6) is -0.272. The highest BCUT2D eigenvalue weighted by Crippen LogP contribution is 2.12. The van der Waals surface area contributed by atoms with Crippen LogP contribution in [-0.4, -0.2) is 48.9 Å². The van der Waals surface area contributed by atoms with E-state index in [0.717, 1.165) is 5.56 Å². The summed E-state index contributed by atoms with van der Waals surface area (Å²) in [6.07, 6.45) is 1.80. The van der Waals surface area contributed by atoms with Crippen LogP contribution in [0.3, 0.4) is 0 Å². The topological polar surface area (TPSA) is 101 Å². The highest BCUT2D eigenvalue weighted by atomic mass is 16.5. The molecule has 0 atom stereocenters. The molecule has 2 heterocycles. The number of ether oxygens (including phenoxy) is 1. The maximum Gasteiger partial charge on any atom is 0.291 e. The number of amides is 3. The van der Waals surface area contributed by atoms with E-state index in [4.69, 9.17) is 9.15 Å². The zero-order valence-electron chi connectivity index (χ0n) is 15.5. The summed E-state index contributed by atoms with van der Waals surface area (Å²) in [5, 5.41) is 5.53. The van der Waals surface area contributed by atoms with E-state index in [1.165, 1.54) is 6.26 Å². The minimum Gasteiger partial charge on any atom is -0.459 e. The number of rotatable bonds is 7. The number of hydrogen-bond acceptors (Lipinski definition) is 5. The highest BCUT2D eigenvalue weighted by Gasteiger charge is 2.17. The molecule has 1 aliphatic heterocycles. The molecule has 28 heavy (non-hydrogen) atoms. The third-order valence-corrected chi connectivity index (χ3v) is 4.38. The van der Waals surface area contributed by atoms with Gasteiger partial charge in [0.25, 0.3) is 5.91 Å². The van der Waals surface area contributed by atoms with Crippen LogP contribution < -0.4 is 10.6 Å². The molecule has 0 radical (unpaired) electrons. The Bertz CT molecular complexity index is 796. The number of morpholine rings is 1. The van der Waals surface area contributed by atoms with Gasteiger partial charge in [0.05, 0.1) is 19.5 Å². The first-order valence-electron chi connectivity index (χ1n) is 9.18. The summed E-state index contributed by atoms with van der Waals surface area (Å²) in [6, 6.07) is 10.4. The van der Waals surface area contributed by atoms with E-state index in [2.05, 4.69) is 10.6 Å². The summed E-state index contributed by atoms with van der Waals surface area (Å²) in [6.45, 7) is 2.63. The number of nitrogens with zero attached hydrogens (tertiary/aromatic N) is 1. The van der Waals surface area contributed by atoms with Crippen molar-refractivity contribution < 1.29 is 23.5 Å². The second-order valence-corrected chi connectivity index (χ2v) is 6.40. The number of nitrogens with one attached hydrogen (secondary N) is 2. The predicted octanol–water partition coefficient (Wildman–Crippen LogP) is 1.79. The molecule has 0 spiro atoms. The Labute approximate surface area is 162 Å². The van der Waals surface area contributed by atoms with Crippen LogP contribution in [0.15, 0.2) is 47.1 Å². The maximum absolute atomic E-state index is 12.0. The van der Waals surface area contributed by atoms with Crippen molar-refractivity contribution in [3.05, 3.63) is 54.0 Å². The van der Waals surface area contributed by atoms with Gasteiger partial charge in [-0.15, -0.1) is 0 Å². The summed E-state index contributed by atoms with van der Waals surface area (Å²) in [4.78, 5) is 37.7. The largest absolute Gasteiger partial charge is 0.459 e. The fourth-order valence-corrected chi connectivity index (χ4v) is 2.79. The van der Waals surface area contributed by atoms with Gasteiger partial charge in [0.2, 0.25) is 11.8 Å². The van der Waals surface area contributed by atoms with Crippen molar-refractivity contribution in [2.45, 2.75) is 19.4 Å². The number of anilines is 1. The molecule has 2 N–H and O–H groups in total. The van der Waals surface area contributed by atoms with Gasteiger partial charge in [-0.2, -0.15) is 0 Å². The zero-order chi connectivity index (χ0) is 19.8. The summed E-state index contributed by atoms with van der Waals surface area (Å²) in [5.41, 5.74) is 1.52. The first-order valence-corrected chi connectivity index (χ1v) is 9.18. The van der Waals surface area contributed by atoms with Crippen molar-refractivity contribution in [3.63, 3.8) is 0 Å². The standard InChI is InChI=1S/C20H23N3O5/c24-18(7-8-19(25)23-9-12-27-13-10-23)21-14-15-3-5-16(6-4-15)22-20(26)17-2-1-11-28-17/h1-6,11H,7-10,12-14H2,(H,21,24)(H,22,26). The summed E-state index contributed by atoms with van der Waals surface area (Å²) < 4.78 is 10.3. The fourth-order valence-electron chi connectivity index (χ4n) is 2.79. The lowest BCUT2D eigenvalue weighted by Crippen LogP contribution is -2.41. The monoisotopic (exact) mass is 385 g/mol. The van der Waals surface area contributed by atoms with Crippen LogP contribution in [0, 0.1) is 0 Å². The van der Waals surface area contributed by atoms with Crippen LogP contribution in [-0.2, 0) is 20.9 Å². The Morgan fingerprint density at radius 1 is 1.00 bits per heavy atom. The molecule has 3 rings (SSSR count). The number of benzene rings is 1. The quantitative estimate of drug-likeness (QED) is 0.757. The van der Waals surface area contributed by atoms with E-state index in [9.17, 15) is 14.4 Å². The molecule has 0 unspecified atom stereocenters. The van der Waals surface area contributed by atoms with Gasteiger partial charge in [-0.1, -0.05) is 12.1 Å². The van der Waals surface area contributed by atoms with Crippen LogP contribution in [0.1, 0.15) is 29.0 Å². The second kappa shape index (κ2) is 9.70. The number of hydrogen-bond donors (Lipinski definition) is 2. The first kappa shape index (κ1) is 19.6. The molecule has 0 aliphatic carbocycles. The Balaban J connectivity index is 1.38. The van der Waals surface area contributed by atoms with Gasteiger partial charge in [0, 0.05) is 38.2 Å². The molecule has 8 nitrogen and oxygen atoms in total. The first-order chi connectivity index (χ1) is 13.6. The van der Waals surface area contributed by atoms with Crippen molar-refractivity contribution in [2.75, 3.05) is 31.6 Å². The van der Waals surface area contributed by atoms with Crippen LogP contribution in [0.25, 0.3) is 0 Å². The van der Waals surface area contributed by atoms with Gasteiger partial charge < -0.3 is 24.7 Å². The zero-order valence-corrected chi connectivity index (χ0v) is 15.5. The van der Waals surface area contributed by atoms with Gasteiger partial charge in [-0.25, -0.2) is 0 Å².